The second-order valence-electron chi connectivity index (χ2n) is 4.06. The molecule has 1 saturated heterocycles. The number of carbonyl (C=O) groups excluding carboxylic acids is 1. The first kappa shape index (κ1) is 11.1. The quantitative estimate of drug-likeness (QED) is 0.577. The van der Waals surface area contributed by atoms with E-state index in [-0.39, 0.29) is 5.78 Å². The van der Waals surface area contributed by atoms with Crippen molar-refractivity contribution in [3.8, 4) is 0 Å². The van der Waals surface area contributed by atoms with E-state index >= 15 is 0 Å². The summed E-state index contributed by atoms with van der Waals surface area (Å²) in [6.07, 6.45) is -0.484. The van der Waals surface area contributed by atoms with Crippen LogP contribution < -0.4 is 10.2 Å². The molecule has 0 amide bonds. The molecule has 0 spiro atoms. The van der Waals surface area contributed by atoms with Gasteiger partial charge in [-0.05, 0) is 17.0 Å². The summed E-state index contributed by atoms with van der Waals surface area (Å²) in [5.74, 6) is -0.121. The van der Waals surface area contributed by atoms with E-state index in [0.29, 0.717) is 34.7 Å². The third-order valence-electron chi connectivity index (χ3n) is 2.89. The minimum Gasteiger partial charge on any atom is -0.367 e. The Bertz CT molecular complexity index is 589. The molecule has 0 aliphatic carbocycles. The van der Waals surface area contributed by atoms with Gasteiger partial charge in [-0.3, -0.25) is 9.42 Å². The van der Waals surface area contributed by atoms with Crippen LogP contribution in [0.4, 0.5) is 0 Å². The summed E-state index contributed by atoms with van der Waals surface area (Å²) >= 11 is 0. The van der Waals surface area contributed by atoms with Crippen LogP contribution in [-0.4, -0.2) is 36.7 Å². The predicted molar refractivity (Wildman–Crippen MR) is 59.9 cm³/mol. The zero-order chi connectivity index (χ0) is 12.5. The molecule has 94 valence electrons. The molecule has 7 heteroatoms. The summed E-state index contributed by atoms with van der Waals surface area (Å²) in [6, 6.07) is 4.63. The van der Waals surface area contributed by atoms with Crippen LogP contribution in [0.1, 0.15) is 10.4 Å². The Morgan fingerprint density at radius 2 is 2.44 bits per heavy atom. The minimum atomic E-state index is -0.484. The summed E-state index contributed by atoms with van der Waals surface area (Å²) in [6.45, 7) is 1.77. The molecule has 1 atom stereocenters. The van der Waals surface area contributed by atoms with Crippen molar-refractivity contribution < 1.29 is 19.1 Å². The zero-order valence-electron chi connectivity index (χ0n) is 9.46. The van der Waals surface area contributed by atoms with Crippen molar-refractivity contribution >= 4 is 16.8 Å². The number of morpholine rings is 1. The lowest BCUT2D eigenvalue weighted by Gasteiger charge is -2.22. The van der Waals surface area contributed by atoms with Gasteiger partial charge in [0.2, 0.25) is 11.0 Å². The van der Waals surface area contributed by atoms with Gasteiger partial charge < -0.3 is 15.3 Å². The Balaban J connectivity index is 1.91. The Morgan fingerprint density at radius 1 is 1.56 bits per heavy atom. The summed E-state index contributed by atoms with van der Waals surface area (Å²) in [5, 5.41) is 17.8. The van der Waals surface area contributed by atoms with Crippen molar-refractivity contribution in [2.24, 2.45) is 0 Å². The fourth-order valence-electron chi connectivity index (χ4n) is 1.95. The number of nitrogens with zero attached hydrogens (tertiary/aromatic N) is 2. The molecule has 0 radical (unpaired) electrons. The highest BCUT2D eigenvalue weighted by Crippen LogP contribution is 2.14. The third kappa shape index (κ3) is 1.83. The van der Waals surface area contributed by atoms with Gasteiger partial charge >= 0.3 is 0 Å². The zero-order valence-corrected chi connectivity index (χ0v) is 9.46. The standard InChI is InChI=1S/C11H11N3O4/c15-11(10-6-12-3-4-17-10)7-1-2-9-8(5-7)13-18-14(9)16/h1-2,5,10,12H,3-4,6H2. The van der Waals surface area contributed by atoms with Gasteiger partial charge in [0.25, 0.3) is 0 Å². The molecule has 2 aromatic rings. The van der Waals surface area contributed by atoms with Crippen molar-refractivity contribution in [2.45, 2.75) is 6.10 Å². The van der Waals surface area contributed by atoms with Crippen molar-refractivity contribution in [2.75, 3.05) is 19.7 Å². The van der Waals surface area contributed by atoms with E-state index < -0.39 is 6.10 Å². The second-order valence-corrected chi connectivity index (χ2v) is 4.06. The van der Waals surface area contributed by atoms with Crippen LogP contribution in [0.5, 0.6) is 0 Å². The van der Waals surface area contributed by atoms with Gasteiger partial charge in [0.05, 0.1) is 6.61 Å². The number of hydrogen-bond donors (Lipinski definition) is 1. The number of rotatable bonds is 2. The largest absolute Gasteiger partial charge is 0.367 e. The highest BCUT2D eigenvalue weighted by Gasteiger charge is 2.24. The lowest BCUT2D eigenvalue weighted by molar-refractivity contribution is -0.782. The molecule has 1 aromatic heterocycles. The average Bonchev–Trinajstić information content (AvgIpc) is 2.80. The first-order valence-corrected chi connectivity index (χ1v) is 5.62. The van der Waals surface area contributed by atoms with Gasteiger partial charge in [-0.1, -0.05) is 0 Å². The molecule has 1 N–H and O–H groups in total. The molecular formula is C11H11N3O4. The van der Waals surface area contributed by atoms with Gasteiger partial charge in [-0.2, -0.15) is 0 Å². The topological polar surface area (TPSA) is 91.3 Å². The number of Topliss-reactive ketones (excluding diaryl/α,β-unsaturated/α-hetero) is 1. The SMILES string of the molecule is O=C(c1ccc2c(c1)no[n+]2[O-])C1CNCCO1. The van der Waals surface area contributed by atoms with Crippen molar-refractivity contribution in [1.29, 1.82) is 0 Å². The fourth-order valence-corrected chi connectivity index (χ4v) is 1.95. The molecule has 1 aromatic carbocycles. The Kier molecular flexibility index (Phi) is 2.69. The monoisotopic (exact) mass is 249 g/mol. The van der Waals surface area contributed by atoms with Crippen LogP contribution in [0.2, 0.25) is 0 Å². The Labute approximate surface area is 102 Å². The first-order valence-electron chi connectivity index (χ1n) is 5.62. The highest BCUT2D eigenvalue weighted by atomic mass is 16.8. The van der Waals surface area contributed by atoms with E-state index in [9.17, 15) is 10.0 Å². The maximum absolute atomic E-state index is 12.1. The molecule has 0 saturated carbocycles. The molecular weight excluding hydrogens is 238 g/mol. The third-order valence-corrected chi connectivity index (χ3v) is 2.89. The van der Waals surface area contributed by atoms with Crippen LogP contribution in [0.25, 0.3) is 11.0 Å². The number of hydrogen-bond acceptors (Lipinski definition) is 6. The normalized spacial score (nSPS) is 20.1. The van der Waals surface area contributed by atoms with E-state index in [4.69, 9.17) is 4.74 Å². The molecule has 3 rings (SSSR count). The van der Waals surface area contributed by atoms with Crippen LogP contribution in [0.3, 0.4) is 0 Å². The van der Waals surface area contributed by atoms with Crippen molar-refractivity contribution in [3.05, 3.63) is 29.0 Å². The molecule has 1 aliphatic heterocycles. The number of carbonyl (C=O) groups is 1. The number of aromatic nitrogens is 2. The molecule has 1 unspecified atom stereocenters. The summed E-state index contributed by atoms with van der Waals surface area (Å²) in [4.78, 5) is 12.4. The number of nitrogens with one attached hydrogen (secondary N) is 1. The van der Waals surface area contributed by atoms with E-state index in [2.05, 4.69) is 15.1 Å². The minimum absolute atomic E-state index is 0.121. The maximum atomic E-state index is 12.1. The van der Waals surface area contributed by atoms with Crippen LogP contribution in [0, 0.1) is 5.21 Å². The molecule has 0 bridgehead atoms. The van der Waals surface area contributed by atoms with Gasteiger partial charge in [-0.25, -0.2) is 0 Å². The van der Waals surface area contributed by atoms with Crippen LogP contribution >= 0.6 is 0 Å². The van der Waals surface area contributed by atoms with Crippen molar-refractivity contribution in [3.63, 3.8) is 0 Å². The van der Waals surface area contributed by atoms with Gasteiger partial charge in [-0.15, -0.1) is 0 Å². The molecule has 1 aliphatic rings. The predicted octanol–water partition coefficient (Wildman–Crippen LogP) is -0.368. The maximum Gasteiger partial charge on any atom is 0.249 e. The Morgan fingerprint density at radius 3 is 3.22 bits per heavy atom. The molecule has 1 fully saturated rings. The lowest BCUT2D eigenvalue weighted by atomic mass is 10.0. The lowest BCUT2D eigenvalue weighted by Crippen LogP contribution is -2.43. The van der Waals surface area contributed by atoms with E-state index in [0.717, 1.165) is 6.54 Å². The van der Waals surface area contributed by atoms with Crippen LogP contribution in [-0.2, 0) is 4.74 Å². The van der Waals surface area contributed by atoms with Gasteiger partial charge in [0, 0.05) is 29.9 Å². The Hall–Kier alpha value is -1.99. The summed E-state index contributed by atoms with van der Waals surface area (Å²) in [5.41, 5.74) is 1.12. The van der Waals surface area contributed by atoms with E-state index in [1.165, 1.54) is 12.1 Å². The number of fused-ring (bicyclic) bond motifs is 1. The number of ether oxygens (including phenoxy) is 1. The van der Waals surface area contributed by atoms with Crippen LogP contribution in [0.15, 0.2) is 22.8 Å². The van der Waals surface area contributed by atoms with Gasteiger partial charge in [0.15, 0.2) is 5.78 Å². The molecule has 7 nitrogen and oxygen atoms in total. The van der Waals surface area contributed by atoms with E-state index in [1.807, 2.05) is 0 Å². The summed E-state index contributed by atoms with van der Waals surface area (Å²) in [7, 11) is 0. The van der Waals surface area contributed by atoms with E-state index in [1.54, 1.807) is 6.07 Å². The smallest absolute Gasteiger partial charge is 0.249 e. The van der Waals surface area contributed by atoms with Crippen molar-refractivity contribution in [1.82, 2.24) is 10.5 Å². The number of ketones is 1. The first-order chi connectivity index (χ1) is 8.75. The average molecular weight is 249 g/mol. The highest BCUT2D eigenvalue weighted by molar-refractivity contribution is 6.01. The fraction of sp³-hybridized carbons (Fsp3) is 0.364. The summed E-state index contributed by atoms with van der Waals surface area (Å²) < 4.78 is 9.84. The molecule has 18 heavy (non-hydrogen) atoms. The number of benzene rings is 1. The molecule has 2 heterocycles. The van der Waals surface area contributed by atoms with Gasteiger partial charge in [0.1, 0.15) is 6.10 Å². The second kappa shape index (κ2) is 4.35.